The molecule has 0 unspecified atom stereocenters. The smallest absolute Gasteiger partial charge is 0.303 e. The summed E-state index contributed by atoms with van der Waals surface area (Å²) in [4.78, 5) is 34.8. The summed E-state index contributed by atoms with van der Waals surface area (Å²) >= 11 is 0. The second-order valence-electron chi connectivity index (χ2n) is 4.29. The van der Waals surface area contributed by atoms with E-state index < -0.39 is 0 Å². The molecule has 0 radical (unpaired) electrons. The monoisotopic (exact) mass is 234 g/mol. The van der Waals surface area contributed by atoms with Gasteiger partial charge in [0.25, 0.3) is 5.56 Å². The SMILES string of the molecule is Cn1cc(C2=CC(=O)CCC2)c(=O)n(C)c1=O. The molecular formula is C12H14N2O3. The van der Waals surface area contributed by atoms with Crippen molar-refractivity contribution in [1.82, 2.24) is 9.13 Å². The van der Waals surface area contributed by atoms with Gasteiger partial charge in [-0.05, 0) is 24.5 Å². The molecule has 0 N–H and O–H groups in total. The Bertz CT molecular complexity index is 620. The average Bonchev–Trinajstić information content (AvgIpc) is 2.31. The number of allylic oxidation sites excluding steroid dienone is 2. The minimum absolute atomic E-state index is 0.0437. The average molecular weight is 234 g/mol. The van der Waals surface area contributed by atoms with Gasteiger partial charge in [0.05, 0.1) is 5.56 Å². The molecular weight excluding hydrogens is 220 g/mol. The summed E-state index contributed by atoms with van der Waals surface area (Å²) in [6.45, 7) is 0. The van der Waals surface area contributed by atoms with Crippen LogP contribution < -0.4 is 11.2 Å². The lowest BCUT2D eigenvalue weighted by atomic mass is 9.94. The Morgan fingerprint density at radius 3 is 2.47 bits per heavy atom. The molecule has 17 heavy (non-hydrogen) atoms. The molecule has 1 heterocycles. The number of carbonyl (C=O) groups is 1. The van der Waals surface area contributed by atoms with Crippen molar-refractivity contribution in [2.45, 2.75) is 19.3 Å². The fraction of sp³-hybridized carbons (Fsp3) is 0.417. The van der Waals surface area contributed by atoms with Crippen molar-refractivity contribution in [1.29, 1.82) is 0 Å². The van der Waals surface area contributed by atoms with E-state index in [1.165, 1.54) is 23.9 Å². The summed E-state index contributed by atoms with van der Waals surface area (Å²) in [6, 6.07) is 0. The van der Waals surface area contributed by atoms with Gasteiger partial charge in [0.1, 0.15) is 0 Å². The molecule has 0 bridgehead atoms. The lowest BCUT2D eigenvalue weighted by Crippen LogP contribution is -2.38. The fourth-order valence-corrected chi connectivity index (χ4v) is 2.03. The standard InChI is InChI=1S/C12H14N2O3/c1-13-7-10(11(16)14(2)12(13)17)8-4-3-5-9(15)6-8/h6-7H,3-5H2,1-2H3. The first-order chi connectivity index (χ1) is 8.00. The van der Waals surface area contributed by atoms with E-state index >= 15 is 0 Å². The molecule has 0 aromatic carbocycles. The third-order valence-corrected chi connectivity index (χ3v) is 3.00. The molecule has 0 fully saturated rings. The van der Waals surface area contributed by atoms with Crippen LogP contribution in [-0.4, -0.2) is 14.9 Å². The highest BCUT2D eigenvalue weighted by Gasteiger charge is 2.16. The molecule has 0 amide bonds. The van der Waals surface area contributed by atoms with Gasteiger partial charge in [-0.25, -0.2) is 4.79 Å². The Hall–Kier alpha value is -1.91. The molecule has 1 aromatic heterocycles. The number of hydrogen-bond donors (Lipinski definition) is 0. The van der Waals surface area contributed by atoms with Crippen LogP contribution in [0.5, 0.6) is 0 Å². The molecule has 5 heteroatoms. The largest absolute Gasteiger partial charge is 0.330 e. The summed E-state index contributed by atoms with van der Waals surface area (Å²) in [7, 11) is 3.04. The van der Waals surface area contributed by atoms with Crippen LogP contribution in [0.15, 0.2) is 21.9 Å². The first-order valence-electron chi connectivity index (χ1n) is 5.51. The zero-order valence-electron chi connectivity index (χ0n) is 9.90. The van der Waals surface area contributed by atoms with E-state index in [1.807, 2.05) is 0 Å². The second kappa shape index (κ2) is 4.16. The van der Waals surface area contributed by atoms with Crippen LogP contribution in [0, 0.1) is 0 Å². The summed E-state index contributed by atoms with van der Waals surface area (Å²) in [6.07, 6.45) is 5.03. The Kier molecular flexibility index (Phi) is 2.83. The maximum absolute atomic E-state index is 11.9. The molecule has 5 nitrogen and oxygen atoms in total. The number of ketones is 1. The molecule has 0 aliphatic heterocycles. The minimum atomic E-state index is -0.360. The lowest BCUT2D eigenvalue weighted by molar-refractivity contribution is -0.114. The van der Waals surface area contributed by atoms with Gasteiger partial charge < -0.3 is 4.57 Å². The van der Waals surface area contributed by atoms with Crippen molar-refractivity contribution in [3.05, 3.63) is 38.7 Å². The third-order valence-electron chi connectivity index (χ3n) is 3.00. The first-order valence-corrected chi connectivity index (χ1v) is 5.51. The predicted octanol–water partition coefficient (Wildman–Crippen LogP) is 0.220. The van der Waals surface area contributed by atoms with E-state index in [9.17, 15) is 14.4 Å². The molecule has 0 saturated heterocycles. The van der Waals surface area contributed by atoms with Crippen LogP contribution in [0.2, 0.25) is 0 Å². The molecule has 1 aliphatic carbocycles. The predicted molar refractivity (Wildman–Crippen MR) is 63.8 cm³/mol. The van der Waals surface area contributed by atoms with E-state index in [0.717, 1.165) is 16.6 Å². The maximum atomic E-state index is 11.9. The van der Waals surface area contributed by atoms with E-state index in [-0.39, 0.29) is 17.0 Å². The second-order valence-corrected chi connectivity index (χ2v) is 4.29. The molecule has 0 atom stereocenters. The molecule has 2 rings (SSSR count). The van der Waals surface area contributed by atoms with Crippen LogP contribution in [0.25, 0.3) is 5.57 Å². The summed E-state index contributed by atoms with van der Waals surface area (Å²) in [5.41, 5.74) is 0.482. The van der Waals surface area contributed by atoms with Crippen molar-refractivity contribution in [2.75, 3.05) is 0 Å². The van der Waals surface area contributed by atoms with Crippen LogP contribution >= 0.6 is 0 Å². The van der Waals surface area contributed by atoms with Gasteiger partial charge >= 0.3 is 5.69 Å². The lowest BCUT2D eigenvalue weighted by Gasteiger charge is -2.13. The summed E-state index contributed by atoms with van der Waals surface area (Å²) in [5.74, 6) is 0.0437. The Labute approximate surface area is 98.0 Å². The summed E-state index contributed by atoms with van der Waals surface area (Å²) in [5, 5.41) is 0. The van der Waals surface area contributed by atoms with Crippen LogP contribution in [-0.2, 0) is 18.9 Å². The number of rotatable bonds is 1. The molecule has 1 aromatic rings. The highest BCUT2D eigenvalue weighted by molar-refractivity contribution is 5.98. The van der Waals surface area contributed by atoms with Gasteiger partial charge in [-0.15, -0.1) is 0 Å². The number of nitrogens with zero attached hydrogens (tertiary/aromatic N) is 2. The number of carbonyl (C=O) groups excluding carboxylic acids is 1. The van der Waals surface area contributed by atoms with Crippen molar-refractivity contribution in [3.63, 3.8) is 0 Å². The topological polar surface area (TPSA) is 61.1 Å². The minimum Gasteiger partial charge on any atom is -0.303 e. The van der Waals surface area contributed by atoms with E-state index in [4.69, 9.17) is 0 Å². The van der Waals surface area contributed by atoms with Crippen molar-refractivity contribution < 1.29 is 4.79 Å². The Morgan fingerprint density at radius 2 is 1.82 bits per heavy atom. The zero-order chi connectivity index (χ0) is 12.6. The summed E-state index contributed by atoms with van der Waals surface area (Å²) < 4.78 is 2.42. The highest BCUT2D eigenvalue weighted by atomic mass is 16.2. The maximum Gasteiger partial charge on any atom is 0.330 e. The van der Waals surface area contributed by atoms with Gasteiger partial charge in [-0.1, -0.05) is 0 Å². The quantitative estimate of drug-likeness (QED) is 0.698. The van der Waals surface area contributed by atoms with Crippen molar-refractivity contribution in [3.8, 4) is 0 Å². The number of aryl methyl sites for hydroxylation is 1. The normalized spacial score (nSPS) is 15.9. The van der Waals surface area contributed by atoms with E-state index in [1.54, 1.807) is 7.05 Å². The van der Waals surface area contributed by atoms with Gasteiger partial charge in [-0.2, -0.15) is 0 Å². The van der Waals surface area contributed by atoms with E-state index in [0.29, 0.717) is 18.4 Å². The third kappa shape index (κ3) is 2.00. The van der Waals surface area contributed by atoms with Crippen molar-refractivity contribution in [2.24, 2.45) is 14.1 Å². The molecule has 0 spiro atoms. The fourth-order valence-electron chi connectivity index (χ4n) is 2.03. The van der Waals surface area contributed by atoms with Gasteiger partial charge in [0.2, 0.25) is 0 Å². The van der Waals surface area contributed by atoms with Gasteiger partial charge in [-0.3, -0.25) is 14.2 Å². The zero-order valence-corrected chi connectivity index (χ0v) is 9.90. The number of aromatic nitrogens is 2. The van der Waals surface area contributed by atoms with Gasteiger partial charge in [0.15, 0.2) is 5.78 Å². The van der Waals surface area contributed by atoms with Gasteiger partial charge in [0, 0.05) is 26.7 Å². The van der Waals surface area contributed by atoms with Crippen LogP contribution in [0.4, 0.5) is 0 Å². The van der Waals surface area contributed by atoms with Crippen molar-refractivity contribution >= 4 is 11.4 Å². The Balaban J connectivity index is 2.65. The Morgan fingerprint density at radius 1 is 1.12 bits per heavy atom. The van der Waals surface area contributed by atoms with Crippen LogP contribution in [0.1, 0.15) is 24.8 Å². The highest BCUT2D eigenvalue weighted by Crippen LogP contribution is 2.22. The molecule has 1 aliphatic rings. The molecule has 0 saturated carbocycles. The number of hydrogen-bond acceptors (Lipinski definition) is 3. The molecule has 90 valence electrons. The first kappa shape index (κ1) is 11.6. The van der Waals surface area contributed by atoms with Crippen LogP contribution in [0.3, 0.4) is 0 Å². The van der Waals surface area contributed by atoms with E-state index in [2.05, 4.69) is 0 Å².